The molecule has 4 rings (SSSR count). The van der Waals surface area contributed by atoms with Gasteiger partial charge in [0.15, 0.2) is 0 Å². The zero-order valence-electron chi connectivity index (χ0n) is 15.9. The number of hydrogen-bond donors (Lipinski definition) is 2. The summed E-state index contributed by atoms with van der Waals surface area (Å²) in [6.45, 7) is 2.87. The highest BCUT2D eigenvalue weighted by Crippen LogP contribution is 2.23. The average molecular weight is 378 g/mol. The van der Waals surface area contributed by atoms with Crippen molar-refractivity contribution in [3.63, 3.8) is 0 Å². The van der Waals surface area contributed by atoms with Gasteiger partial charge in [0.25, 0.3) is 5.91 Å². The lowest BCUT2D eigenvalue weighted by Gasteiger charge is -2.17. The number of nitrogens with zero attached hydrogens (tertiary/aromatic N) is 2. The van der Waals surface area contributed by atoms with E-state index in [0.717, 1.165) is 22.5 Å². The standard InChI is InChI=1S/C21H22N4O3/c1-13-22-18-7-6-16(11-19(18)23-13)24-20(26)15-8-9-25(12-15)21(27)14-4-3-5-17(10-14)28-2/h3-7,10-11,15H,8-9,12H2,1-2H3,(H,22,23)(H,24,26). The van der Waals surface area contributed by atoms with Gasteiger partial charge in [-0.15, -0.1) is 0 Å². The lowest BCUT2D eigenvalue weighted by molar-refractivity contribution is -0.119. The fourth-order valence-electron chi connectivity index (χ4n) is 3.56. The van der Waals surface area contributed by atoms with Crippen molar-refractivity contribution in [1.29, 1.82) is 0 Å². The summed E-state index contributed by atoms with van der Waals surface area (Å²) in [6, 6.07) is 12.7. The number of hydrogen-bond acceptors (Lipinski definition) is 4. The molecule has 0 radical (unpaired) electrons. The summed E-state index contributed by atoms with van der Waals surface area (Å²) in [7, 11) is 1.57. The summed E-state index contributed by atoms with van der Waals surface area (Å²) in [5.41, 5.74) is 3.04. The molecule has 2 N–H and O–H groups in total. The van der Waals surface area contributed by atoms with Gasteiger partial charge in [0, 0.05) is 24.3 Å². The van der Waals surface area contributed by atoms with E-state index in [2.05, 4.69) is 15.3 Å². The van der Waals surface area contributed by atoms with E-state index in [9.17, 15) is 9.59 Å². The highest BCUT2D eigenvalue weighted by atomic mass is 16.5. The molecule has 7 nitrogen and oxygen atoms in total. The van der Waals surface area contributed by atoms with Crippen LogP contribution >= 0.6 is 0 Å². The Morgan fingerprint density at radius 1 is 1.25 bits per heavy atom. The van der Waals surface area contributed by atoms with Gasteiger partial charge in [-0.05, 0) is 49.7 Å². The van der Waals surface area contributed by atoms with Crippen LogP contribution in [0.3, 0.4) is 0 Å². The van der Waals surface area contributed by atoms with E-state index in [1.807, 2.05) is 25.1 Å². The Balaban J connectivity index is 1.41. The zero-order chi connectivity index (χ0) is 19.7. The third-order valence-corrected chi connectivity index (χ3v) is 5.03. The molecule has 2 heterocycles. The number of anilines is 1. The molecule has 1 aliphatic rings. The van der Waals surface area contributed by atoms with Crippen LogP contribution in [0.15, 0.2) is 42.5 Å². The molecule has 0 saturated carbocycles. The molecule has 1 aromatic heterocycles. The number of imidazole rings is 1. The number of aromatic amines is 1. The number of benzene rings is 2. The topological polar surface area (TPSA) is 87.3 Å². The van der Waals surface area contributed by atoms with E-state index >= 15 is 0 Å². The maximum Gasteiger partial charge on any atom is 0.254 e. The van der Waals surface area contributed by atoms with Crippen molar-refractivity contribution in [2.45, 2.75) is 13.3 Å². The molecule has 0 spiro atoms. The minimum Gasteiger partial charge on any atom is -0.497 e. The molecule has 1 aliphatic heterocycles. The van der Waals surface area contributed by atoms with Crippen LogP contribution in [0.4, 0.5) is 5.69 Å². The summed E-state index contributed by atoms with van der Waals surface area (Å²) in [5.74, 6) is 1.10. The second-order valence-electron chi connectivity index (χ2n) is 7.01. The minimum atomic E-state index is -0.228. The Hall–Kier alpha value is -3.35. The average Bonchev–Trinajstić information content (AvgIpc) is 3.33. The highest BCUT2D eigenvalue weighted by Gasteiger charge is 2.31. The molecule has 3 aromatic rings. The molecule has 1 atom stereocenters. The van der Waals surface area contributed by atoms with Crippen LogP contribution in [-0.2, 0) is 4.79 Å². The van der Waals surface area contributed by atoms with E-state index in [0.29, 0.717) is 30.8 Å². The summed E-state index contributed by atoms with van der Waals surface area (Å²) in [5, 5.41) is 2.96. The molecule has 144 valence electrons. The van der Waals surface area contributed by atoms with Crippen molar-refractivity contribution in [1.82, 2.24) is 14.9 Å². The second kappa shape index (κ2) is 7.34. The molecule has 28 heavy (non-hydrogen) atoms. The van der Waals surface area contributed by atoms with Gasteiger partial charge in [-0.3, -0.25) is 9.59 Å². The van der Waals surface area contributed by atoms with Crippen molar-refractivity contribution in [3.05, 3.63) is 53.9 Å². The van der Waals surface area contributed by atoms with Crippen LogP contribution in [0.5, 0.6) is 5.75 Å². The molecule has 7 heteroatoms. The van der Waals surface area contributed by atoms with Crippen LogP contribution in [-0.4, -0.2) is 46.9 Å². The number of aromatic nitrogens is 2. The van der Waals surface area contributed by atoms with E-state index in [4.69, 9.17) is 4.74 Å². The Kier molecular flexibility index (Phi) is 4.73. The number of amides is 2. The molecular weight excluding hydrogens is 356 g/mol. The molecule has 2 aromatic carbocycles. The van der Waals surface area contributed by atoms with Crippen molar-refractivity contribution in [3.8, 4) is 5.75 Å². The SMILES string of the molecule is COc1cccc(C(=O)N2CCC(C(=O)Nc3ccc4nc(C)[nH]c4c3)C2)c1. The van der Waals surface area contributed by atoms with Crippen LogP contribution in [0.25, 0.3) is 11.0 Å². The van der Waals surface area contributed by atoms with Gasteiger partial charge < -0.3 is 19.9 Å². The molecule has 1 unspecified atom stereocenters. The number of fused-ring (bicyclic) bond motifs is 1. The number of ether oxygens (including phenoxy) is 1. The first-order chi connectivity index (χ1) is 13.5. The van der Waals surface area contributed by atoms with Gasteiger partial charge in [0.2, 0.25) is 5.91 Å². The van der Waals surface area contributed by atoms with Crippen LogP contribution < -0.4 is 10.1 Å². The number of carbonyl (C=O) groups is 2. The first kappa shape index (κ1) is 18.0. The van der Waals surface area contributed by atoms with Crippen LogP contribution in [0, 0.1) is 12.8 Å². The predicted molar refractivity (Wildman–Crippen MR) is 106 cm³/mol. The lowest BCUT2D eigenvalue weighted by atomic mass is 10.1. The largest absolute Gasteiger partial charge is 0.497 e. The Morgan fingerprint density at radius 2 is 2.11 bits per heavy atom. The smallest absolute Gasteiger partial charge is 0.254 e. The van der Waals surface area contributed by atoms with E-state index < -0.39 is 0 Å². The van der Waals surface area contributed by atoms with Crippen molar-refractivity contribution < 1.29 is 14.3 Å². The fraction of sp³-hybridized carbons (Fsp3) is 0.286. The molecule has 1 saturated heterocycles. The number of nitrogens with one attached hydrogen (secondary N) is 2. The summed E-state index contributed by atoms with van der Waals surface area (Å²) >= 11 is 0. The first-order valence-corrected chi connectivity index (χ1v) is 9.24. The van der Waals surface area contributed by atoms with Crippen molar-refractivity contribution in [2.24, 2.45) is 5.92 Å². The first-order valence-electron chi connectivity index (χ1n) is 9.24. The van der Waals surface area contributed by atoms with Gasteiger partial charge in [0.1, 0.15) is 11.6 Å². The molecule has 0 bridgehead atoms. The van der Waals surface area contributed by atoms with Gasteiger partial charge in [-0.1, -0.05) is 6.07 Å². The Morgan fingerprint density at radius 3 is 2.93 bits per heavy atom. The van der Waals surface area contributed by atoms with E-state index in [1.54, 1.807) is 36.3 Å². The Bertz CT molecular complexity index is 1040. The quantitative estimate of drug-likeness (QED) is 0.731. The fourth-order valence-corrected chi connectivity index (χ4v) is 3.56. The van der Waals surface area contributed by atoms with Crippen LogP contribution in [0.1, 0.15) is 22.6 Å². The lowest BCUT2D eigenvalue weighted by Crippen LogP contribution is -2.31. The normalized spacial score (nSPS) is 16.4. The maximum absolute atomic E-state index is 12.7. The highest BCUT2D eigenvalue weighted by molar-refractivity contribution is 5.97. The number of aryl methyl sites for hydroxylation is 1. The number of H-pyrrole nitrogens is 1. The second-order valence-corrected chi connectivity index (χ2v) is 7.01. The summed E-state index contributed by atoms with van der Waals surface area (Å²) < 4.78 is 5.18. The molecule has 2 amide bonds. The Labute approximate surface area is 162 Å². The van der Waals surface area contributed by atoms with Crippen LogP contribution in [0.2, 0.25) is 0 Å². The van der Waals surface area contributed by atoms with E-state index in [-0.39, 0.29) is 17.7 Å². The van der Waals surface area contributed by atoms with E-state index in [1.165, 1.54) is 0 Å². The summed E-state index contributed by atoms with van der Waals surface area (Å²) in [4.78, 5) is 34.6. The molecular formula is C21H22N4O3. The predicted octanol–water partition coefficient (Wildman–Crippen LogP) is 2.98. The number of rotatable bonds is 4. The number of carbonyl (C=O) groups excluding carboxylic acids is 2. The molecule has 0 aliphatic carbocycles. The third-order valence-electron chi connectivity index (χ3n) is 5.03. The number of methoxy groups -OCH3 is 1. The van der Waals surface area contributed by atoms with Crippen molar-refractivity contribution in [2.75, 3.05) is 25.5 Å². The monoisotopic (exact) mass is 378 g/mol. The van der Waals surface area contributed by atoms with Gasteiger partial charge >= 0.3 is 0 Å². The number of likely N-dealkylation sites (tertiary alicyclic amines) is 1. The zero-order valence-corrected chi connectivity index (χ0v) is 15.9. The molecule has 1 fully saturated rings. The maximum atomic E-state index is 12.7. The van der Waals surface area contributed by atoms with Gasteiger partial charge in [-0.2, -0.15) is 0 Å². The van der Waals surface area contributed by atoms with Gasteiger partial charge in [-0.25, -0.2) is 4.98 Å². The van der Waals surface area contributed by atoms with Gasteiger partial charge in [0.05, 0.1) is 24.1 Å². The minimum absolute atomic E-state index is 0.0727. The van der Waals surface area contributed by atoms with Crippen molar-refractivity contribution >= 4 is 28.5 Å². The third kappa shape index (κ3) is 3.55. The summed E-state index contributed by atoms with van der Waals surface area (Å²) in [6.07, 6.45) is 0.646.